The molecule has 10 aromatic rings. The summed E-state index contributed by atoms with van der Waals surface area (Å²) >= 11 is 1.88. The fraction of sp³-hybridized carbons (Fsp3) is 0. The van der Waals surface area contributed by atoms with Crippen molar-refractivity contribution >= 4 is 65.9 Å². The highest BCUT2D eigenvalue weighted by Crippen LogP contribution is 2.49. The maximum absolute atomic E-state index is 2.46. The summed E-state index contributed by atoms with van der Waals surface area (Å²) in [6.07, 6.45) is 0. The summed E-state index contributed by atoms with van der Waals surface area (Å²) in [7, 11) is 0. The zero-order valence-electron chi connectivity index (χ0n) is 27.1. The van der Waals surface area contributed by atoms with E-state index in [2.05, 4.69) is 180 Å². The van der Waals surface area contributed by atoms with E-state index in [1.54, 1.807) is 0 Å². The third kappa shape index (κ3) is 4.16. The Morgan fingerprint density at radius 3 is 1.80 bits per heavy atom. The van der Waals surface area contributed by atoms with Gasteiger partial charge in [-0.3, -0.25) is 0 Å². The second-order valence-corrected chi connectivity index (χ2v) is 14.4. The van der Waals surface area contributed by atoms with Crippen LogP contribution >= 0.6 is 11.8 Å². The van der Waals surface area contributed by atoms with Gasteiger partial charge in [-0.1, -0.05) is 145 Å². The van der Waals surface area contributed by atoms with Crippen LogP contribution in [-0.4, -0.2) is 4.57 Å². The van der Waals surface area contributed by atoms with Crippen LogP contribution in [0, 0.1) is 0 Å². The van der Waals surface area contributed by atoms with Gasteiger partial charge in [-0.25, -0.2) is 0 Å². The molecule has 0 N–H and O–H groups in total. The molecular formula is C48H29NS. The Morgan fingerprint density at radius 1 is 0.360 bits per heavy atom. The van der Waals surface area contributed by atoms with E-state index in [0.29, 0.717) is 0 Å². The summed E-state index contributed by atoms with van der Waals surface area (Å²) in [5.74, 6) is 0. The zero-order chi connectivity index (χ0) is 32.8. The fourth-order valence-corrected chi connectivity index (χ4v) is 9.26. The summed E-state index contributed by atoms with van der Waals surface area (Å²) in [5.41, 5.74) is 11.2. The number of hydrogen-bond acceptors (Lipinski definition) is 1. The summed E-state index contributed by atoms with van der Waals surface area (Å²) in [6, 6.07) is 65.0. The van der Waals surface area contributed by atoms with Crippen LogP contribution in [0.15, 0.2) is 186 Å². The van der Waals surface area contributed by atoms with Crippen LogP contribution in [0.25, 0.3) is 93.2 Å². The molecule has 0 radical (unpaired) electrons. The highest BCUT2D eigenvalue weighted by atomic mass is 32.2. The Bertz CT molecular complexity index is 2980. The van der Waals surface area contributed by atoms with E-state index in [1.165, 1.54) is 103 Å². The van der Waals surface area contributed by atoms with Gasteiger partial charge in [-0.2, -0.15) is 0 Å². The highest BCUT2D eigenvalue weighted by molar-refractivity contribution is 7.99. The van der Waals surface area contributed by atoms with Gasteiger partial charge in [0, 0.05) is 37.0 Å². The topological polar surface area (TPSA) is 4.93 Å². The summed E-state index contributed by atoms with van der Waals surface area (Å²) < 4.78 is 2.46. The molecule has 11 rings (SSSR count). The third-order valence-electron chi connectivity index (χ3n) is 10.6. The van der Waals surface area contributed by atoms with Crippen LogP contribution < -0.4 is 0 Å². The molecule has 1 aliphatic heterocycles. The minimum absolute atomic E-state index is 1.17. The van der Waals surface area contributed by atoms with Crippen LogP contribution in [0.5, 0.6) is 0 Å². The molecule has 0 fully saturated rings. The van der Waals surface area contributed by atoms with E-state index < -0.39 is 0 Å². The SMILES string of the molecule is c1ccc2cc3c(cc2c1)c1ccc2ccccc2c1n3-c1ccc(-c2ccc(-c3ccc4c(c3)-c3cccc5cccc(c35)S4)cc2)cc1. The number of benzene rings is 9. The predicted molar refractivity (Wildman–Crippen MR) is 214 cm³/mol. The van der Waals surface area contributed by atoms with Gasteiger partial charge in [0.15, 0.2) is 0 Å². The number of hydrogen-bond donors (Lipinski definition) is 0. The first-order chi connectivity index (χ1) is 24.8. The monoisotopic (exact) mass is 651 g/mol. The van der Waals surface area contributed by atoms with Crippen molar-refractivity contribution in [2.45, 2.75) is 9.79 Å². The Balaban J connectivity index is 0.983. The van der Waals surface area contributed by atoms with Gasteiger partial charge in [0.05, 0.1) is 11.0 Å². The lowest BCUT2D eigenvalue weighted by molar-refractivity contribution is 1.19. The Morgan fingerprint density at radius 2 is 1.00 bits per heavy atom. The molecule has 0 amide bonds. The van der Waals surface area contributed by atoms with Crippen molar-refractivity contribution in [1.82, 2.24) is 4.57 Å². The minimum atomic E-state index is 1.17. The largest absolute Gasteiger partial charge is 0.309 e. The maximum Gasteiger partial charge on any atom is 0.0619 e. The third-order valence-corrected chi connectivity index (χ3v) is 11.7. The molecule has 1 aliphatic rings. The smallest absolute Gasteiger partial charge is 0.0619 e. The second kappa shape index (κ2) is 10.7. The lowest BCUT2D eigenvalue weighted by Gasteiger charge is -2.21. The lowest BCUT2D eigenvalue weighted by atomic mass is 9.94. The molecular weight excluding hydrogens is 623 g/mol. The molecule has 1 aromatic heterocycles. The van der Waals surface area contributed by atoms with Gasteiger partial charge < -0.3 is 4.57 Å². The number of aromatic nitrogens is 1. The van der Waals surface area contributed by atoms with E-state index in [0.717, 1.165) is 0 Å². The van der Waals surface area contributed by atoms with Gasteiger partial charge in [0.25, 0.3) is 0 Å². The summed E-state index contributed by atoms with van der Waals surface area (Å²) in [4.78, 5) is 2.66. The molecule has 1 nitrogen and oxygen atoms in total. The first-order valence-corrected chi connectivity index (χ1v) is 18.0. The number of nitrogens with zero attached hydrogens (tertiary/aromatic N) is 1. The van der Waals surface area contributed by atoms with Crippen LogP contribution in [0.1, 0.15) is 0 Å². The number of fused-ring (bicyclic) bond motifs is 8. The average Bonchev–Trinajstić information content (AvgIpc) is 3.51. The zero-order valence-corrected chi connectivity index (χ0v) is 27.9. The van der Waals surface area contributed by atoms with Gasteiger partial charge in [-0.15, -0.1) is 0 Å². The molecule has 0 saturated carbocycles. The van der Waals surface area contributed by atoms with Crippen molar-refractivity contribution in [2.24, 2.45) is 0 Å². The van der Waals surface area contributed by atoms with Crippen molar-refractivity contribution < 1.29 is 0 Å². The average molecular weight is 652 g/mol. The molecule has 9 aromatic carbocycles. The van der Waals surface area contributed by atoms with E-state index in [9.17, 15) is 0 Å². The Labute approximate surface area is 294 Å². The van der Waals surface area contributed by atoms with Crippen LogP contribution in [0.4, 0.5) is 0 Å². The van der Waals surface area contributed by atoms with Gasteiger partial charge in [0.2, 0.25) is 0 Å². The standard InChI is InChI=1S/C48H29NS/c1-2-9-36-29-44-42(27-35(36)8-1)41-25-21-33-7-3-4-12-39(33)48(41)49(44)38-23-19-31(20-24-38)30-15-17-32(18-16-30)37-22-26-45-43(28-37)40-13-5-10-34-11-6-14-46(50-45)47(34)40/h1-29H. The van der Waals surface area contributed by atoms with Crippen LogP contribution in [0.3, 0.4) is 0 Å². The van der Waals surface area contributed by atoms with Crippen molar-refractivity contribution in [1.29, 1.82) is 0 Å². The second-order valence-electron chi connectivity index (χ2n) is 13.3. The molecule has 2 heteroatoms. The first kappa shape index (κ1) is 27.8. The summed E-state index contributed by atoms with van der Waals surface area (Å²) in [6.45, 7) is 0. The van der Waals surface area contributed by atoms with E-state index in [1.807, 2.05) is 11.8 Å². The normalized spacial score (nSPS) is 12.3. The lowest BCUT2D eigenvalue weighted by Crippen LogP contribution is -1.95. The molecule has 50 heavy (non-hydrogen) atoms. The Hall–Kier alpha value is -6.09. The van der Waals surface area contributed by atoms with Gasteiger partial charge in [0.1, 0.15) is 0 Å². The molecule has 0 bridgehead atoms. The van der Waals surface area contributed by atoms with Crippen LogP contribution in [-0.2, 0) is 0 Å². The van der Waals surface area contributed by atoms with Crippen molar-refractivity contribution in [3.63, 3.8) is 0 Å². The predicted octanol–water partition coefficient (Wildman–Crippen LogP) is 13.7. The maximum atomic E-state index is 2.46. The van der Waals surface area contributed by atoms with E-state index >= 15 is 0 Å². The van der Waals surface area contributed by atoms with Gasteiger partial charge in [-0.05, 0) is 97.4 Å². The molecule has 232 valence electrons. The quantitative estimate of drug-likeness (QED) is 0.184. The van der Waals surface area contributed by atoms with Crippen LogP contribution in [0.2, 0.25) is 0 Å². The van der Waals surface area contributed by atoms with Gasteiger partial charge >= 0.3 is 0 Å². The number of rotatable bonds is 3. The summed E-state index contributed by atoms with van der Waals surface area (Å²) in [5, 5.41) is 10.3. The molecule has 0 atom stereocenters. The molecule has 0 aliphatic carbocycles. The van der Waals surface area contributed by atoms with E-state index in [4.69, 9.17) is 0 Å². The van der Waals surface area contributed by atoms with Crippen molar-refractivity contribution in [3.8, 4) is 39.1 Å². The van der Waals surface area contributed by atoms with Crippen molar-refractivity contribution in [3.05, 3.63) is 176 Å². The Kier molecular flexibility index (Phi) is 5.96. The fourth-order valence-electron chi connectivity index (χ4n) is 8.13. The minimum Gasteiger partial charge on any atom is -0.309 e. The highest BCUT2D eigenvalue weighted by Gasteiger charge is 2.20. The molecule has 2 heterocycles. The van der Waals surface area contributed by atoms with Crippen molar-refractivity contribution in [2.75, 3.05) is 0 Å². The molecule has 0 unspecified atom stereocenters. The first-order valence-electron chi connectivity index (χ1n) is 17.2. The van der Waals surface area contributed by atoms with E-state index in [-0.39, 0.29) is 0 Å². The molecule has 0 spiro atoms. The molecule has 0 saturated heterocycles.